The minimum absolute atomic E-state index is 0.0706. The van der Waals surface area contributed by atoms with E-state index in [2.05, 4.69) is 22.9 Å². The Labute approximate surface area is 189 Å². The van der Waals surface area contributed by atoms with E-state index in [1.54, 1.807) is 0 Å². The van der Waals surface area contributed by atoms with Crippen LogP contribution in [0, 0.1) is 0 Å². The van der Waals surface area contributed by atoms with Crippen molar-refractivity contribution in [2.45, 2.75) is 30.3 Å². The highest BCUT2D eigenvalue weighted by molar-refractivity contribution is 8.24. The first kappa shape index (κ1) is 21.2. The van der Waals surface area contributed by atoms with E-state index in [-0.39, 0.29) is 34.5 Å². The second-order valence-electron chi connectivity index (χ2n) is 6.88. The lowest BCUT2D eigenvalue weighted by atomic mass is 10.1. The lowest BCUT2D eigenvalue weighted by molar-refractivity contribution is -0.122. The number of hydrogen-bond acceptors (Lipinski definition) is 6. The molecular formula is C21H22N4O2S3. The number of nitrogens with zero attached hydrogens (tertiary/aromatic N) is 1. The average Bonchev–Trinajstić information content (AvgIpc) is 3.10. The molecule has 0 saturated carbocycles. The number of hydrogen-bond donors (Lipinski definition) is 3. The van der Waals surface area contributed by atoms with Gasteiger partial charge < -0.3 is 15.5 Å². The Morgan fingerprint density at radius 2 is 1.93 bits per heavy atom. The highest BCUT2D eigenvalue weighted by atomic mass is 32.2. The Morgan fingerprint density at radius 3 is 2.70 bits per heavy atom. The third kappa shape index (κ3) is 4.49. The summed E-state index contributed by atoms with van der Waals surface area (Å²) in [6.07, 6.45) is 0.597. The largest absolute Gasteiger partial charge is 0.331 e. The smallest absolute Gasteiger partial charge is 0.238 e. The van der Waals surface area contributed by atoms with Crippen LogP contribution in [0.2, 0.25) is 0 Å². The van der Waals surface area contributed by atoms with Crippen molar-refractivity contribution < 1.29 is 9.59 Å². The van der Waals surface area contributed by atoms with Crippen molar-refractivity contribution in [1.29, 1.82) is 0 Å². The summed E-state index contributed by atoms with van der Waals surface area (Å²) in [5, 5.41) is 9.03. The summed E-state index contributed by atoms with van der Waals surface area (Å²) < 4.78 is 0.665. The first-order valence-electron chi connectivity index (χ1n) is 9.67. The van der Waals surface area contributed by atoms with Crippen LogP contribution in [0.15, 0.2) is 54.6 Å². The van der Waals surface area contributed by atoms with Crippen LogP contribution in [0.3, 0.4) is 0 Å². The van der Waals surface area contributed by atoms with Gasteiger partial charge in [-0.25, -0.2) is 0 Å². The maximum Gasteiger partial charge on any atom is 0.238 e. The number of para-hydroxylation sites is 2. The van der Waals surface area contributed by atoms with Gasteiger partial charge in [-0.05, 0) is 30.2 Å². The molecule has 2 saturated heterocycles. The summed E-state index contributed by atoms with van der Waals surface area (Å²) in [5.41, 5.74) is 2.50. The summed E-state index contributed by atoms with van der Waals surface area (Å²) in [7, 11) is 0. The molecule has 6 nitrogen and oxygen atoms in total. The predicted molar refractivity (Wildman–Crippen MR) is 129 cm³/mol. The van der Waals surface area contributed by atoms with Crippen LogP contribution in [0.5, 0.6) is 0 Å². The Morgan fingerprint density at radius 1 is 1.20 bits per heavy atom. The molecule has 2 fully saturated rings. The molecule has 0 radical (unpaired) electrons. The molecule has 0 spiro atoms. The topological polar surface area (TPSA) is 73.5 Å². The fraction of sp³-hybridized carbons (Fsp3) is 0.286. The third-order valence-electron chi connectivity index (χ3n) is 4.93. The van der Waals surface area contributed by atoms with E-state index in [1.807, 2.05) is 59.5 Å². The molecule has 0 bridgehead atoms. The molecule has 2 aliphatic rings. The zero-order chi connectivity index (χ0) is 21.1. The molecule has 3 N–H and O–H groups in total. The van der Waals surface area contributed by atoms with Crippen molar-refractivity contribution in [1.82, 2.24) is 10.6 Å². The van der Waals surface area contributed by atoms with E-state index in [0.29, 0.717) is 4.32 Å². The minimum Gasteiger partial charge on any atom is -0.331 e. The quantitative estimate of drug-likeness (QED) is 0.574. The van der Waals surface area contributed by atoms with Crippen molar-refractivity contribution in [2.75, 3.05) is 16.0 Å². The number of carbonyl (C=O) groups excluding carboxylic acids is 2. The third-order valence-corrected chi connectivity index (χ3v) is 7.56. The van der Waals surface area contributed by atoms with Crippen LogP contribution in [-0.2, 0) is 16.0 Å². The first-order valence-corrected chi connectivity index (χ1v) is 12.0. The van der Waals surface area contributed by atoms with Gasteiger partial charge in [0.2, 0.25) is 11.8 Å². The van der Waals surface area contributed by atoms with Gasteiger partial charge in [0.25, 0.3) is 0 Å². The number of anilines is 2. The van der Waals surface area contributed by atoms with Crippen LogP contribution in [0.4, 0.5) is 11.4 Å². The van der Waals surface area contributed by atoms with Crippen molar-refractivity contribution in [3.8, 4) is 0 Å². The maximum absolute atomic E-state index is 12.7. The van der Waals surface area contributed by atoms with E-state index in [0.717, 1.165) is 23.4 Å². The van der Waals surface area contributed by atoms with Crippen molar-refractivity contribution in [3.63, 3.8) is 0 Å². The highest BCUT2D eigenvalue weighted by Gasteiger charge is 2.47. The SMILES string of the molecule is CCc1ccccc1NC(=O)CSC1NC(=O)C2SC(=S)N(c3ccccc3)C2N1. The fourth-order valence-electron chi connectivity index (χ4n) is 3.49. The Balaban J connectivity index is 1.39. The molecular weight excluding hydrogens is 436 g/mol. The second kappa shape index (κ2) is 9.38. The van der Waals surface area contributed by atoms with Gasteiger partial charge in [0, 0.05) is 11.4 Å². The lowest BCUT2D eigenvalue weighted by Gasteiger charge is -2.36. The number of nitrogens with one attached hydrogen (secondary N) is 3. The van der Waals surface area contributed by atoms with Crippen LogP contribution in [0.25, 0.3) is 0 Å². The molecule has 4 rings (SSSR count). The number of fused-ring (bicyclic) bond motifs is 1. The molecule has 2 amide bonds. The average molecular weight is 459 g/mol. The predicted octanol–water partition coefficient (Wildman–Crippen LogP) is 3.16. The zero-order valence-corrected chi connectivity index (χ0v) is 18.8. The molecule has 3 unspecified atom stereocenters. The highest BCUT2D eigenvalue weighted by Crippen LogP contribution is 2.37. The summed E-state index contributed by atoms with van der Waals surface area (Å²) in [4.78, 5) is 27.1. The molecule has 3 atom stereocenters. The maximum atomic E-state index is 12.7. The van der Waals surface area contributed by atoms with Gasteiger partial charge in [0.05, 0.1) is 5.75 Å². The standard InChI is InChI=1S/C21H22N4O2S3/c1-2-13-8-6-7-11-15(13)22-16(26)12-29-20-23-18-17(19(27)24-20)30-21(28)25(18)14-9-4-3-5-10-14/h3-11,17-18,20,23H,2,12H2,1H3,(H,22,26)(H,24,27). The molecule has 2 aliphatic heterocycles. The molecule has 9 heteroatoms. The number of benzene rings is 2. The summed E-state index contributed by atoms with van der Waals surface area (Å²) >= 11 is 8.27. The van der Waals surface area contributed by atoms with Gasteiger partial charge in [0.1, 0.15) is 21.2 Å². The number of carbonyl (C=O) groups is 2. The number of thiocarbonyl (C=S) groups is 1. The molecule has 0 aliphatic carbocycles. The van der Waals surface area contributed by atoms with Gasteiger partial charge in [-0.3, -0.25) is 14.9 Å². The van der Waals surface area contributed by atoms with Crippen LogP contribution in [0.1, 0.15) is 12.5 Å². The number of amides is 2. The van der Waals surface area contributed by atoms with Crippen molar-refractivity contribution >= 4 is 63.3 Å². The van der Waals surface area contributed by atoms with Crippen molar-refractivity contribution in [3.05, 3.63) is 60.2 Å². The van der Waals surface area contributed by atoms with Gasteiger partial charge in [-0.2, -0.15) is 0 Å². The molecule has 156 valence electrons. The number of thioether (sulfide) groups is 2. The normalized spacial score (nSPS) is 23.1. The summed E-state index contributed by atoms with van der Waals surface area (Å²) in [6.45, 7) is 2.06. The second-order valence-corrected chi connectivity index (χ2v) is 9.75. The molecule has 2 aromatic carbocycles. The summed E-state index contributed by atoms with van der Waals surface area (Å²) in [6, 6.07) is 17.6. The molecule has 0 aromatic heterocycles. The van der Waals surface area contributed by atoms with E-state index >= 15 is 0 Å². The van der Waals surface area contributed by atoms with Gasteiger partial charge >= 0.3 is 0 Å². The summed E-state index contributed by atoms with van der Waals surface area (Å²) in [5.74, 6) is 0.0464. The van der Waals surface area contributed by atoms with Crippen LogP contribution in [-0.4, -0.2) is 38.8 Å². The van der Waals surface area contributed by atoms with Gasteiger partial charge in [-0.1, -0.05) is 67.3 Å². The lowest BCUT2D eigenvalue weighted by Crippen LogP contribution is -2.64. The number of aryl methyl sites for hydroxylation is 1. The number of rotatable bonds is 6. The van der Waals surface area contributed by atoms with E-state index in [9.17, 15) is 9.59 Å². The first-order chi connectivity index (χ1) is 14.6. The van der Waals surface area contributed by atoms with Crippen molar-refractivity contribution in [2.24, 2.45) is 0 Å². The zero-order valence-electron chi connectivity index (χ0n) is 16.3. The molecule has 30 heavy (non-hydrogen) atoms. The van der Waals surface area contributed by atoms with E-state index < -0.39 is 0 Å². The Bertz CT molecular complexity index is 956. The fourth-order valence-corrected chi connectivity index (χ4v) is 5.90. The molecule has 2 heterocycles. The molecule has 2 aromatic rings. The Kier molecular flexibility index (Phi) is 6.62. The minimum atomic E-state index is -0.376. The van der Waals surface area contributed by atoms with E-state index in [1.165, 1.54) is 23.5 Å². The Hall–Kier alpha value is -2.07. The van der Waals surface area contributed by atoms with Gasteiger partial charge in [0.15, 0.2) is 0 Å². The van der Waals surface area contributed by atoms with Gasteiger partial charge in [-0.15, -0.1) is 11.8 Å². The van der Waals surface area contributed by atoms with Crippen LogP contribution >= 0.6 is 35.7 Å². The van der Waals surface area contributed by atoms with Crippen LogP contribution < -0.4 is 20.9 Å². The van der Waals surface area contributed by atoms with E-state index in [4.69, 9.17) is 12.2 Å². The monoisotopic (exact) mass is 458 g/mol.